The lowest BCUT2D eigenvalue weighted by molar-refractivity contribution is -0.149. The van der Waals surface area contributed by atoms with E-state index in [-0.39, 0.29) is 15.9 Å². The molecule has 0 spiro atoms. The Morgan fingerprint density at radius 2 is 2.19 bits per heavy atom. The van der Waals surface area contributed by atoms with Gasteiger partial charge in [0.05, 0.1) is 15.5 Å². The minimum absolute atomic E-state index is 0.0518. The van der Waals surface area contributed by atoms with Crippen LogP contribution in [0, 0.1) is 5.82 Å². The molecule has 21 heavy (non-hydrogen) atoms. The minimum Gasteiger partial charge on any atom is -0.479 e. The first kappa shape index (κ1) is 16.3. The van der Waals surface area contributed by atoms with Gasteiger partial charge in [-0.3, -0.25) is 0 Å². The van der Waals surface area contributed by atoms with E-state index in [2.05, 4.69) is 20.7 Å². The monoisotopic (exact) mass is 381 g/mol. The van der Waals surface area contributed by atoms with E-state index >= 15 is 0 Å². The number of hydrogen-bond donors (Lipinski definition) is 2. The Morgan fingerprint density at radius 3 is 2.76 bits per heavy atom. The number of carboxylic acids is 1. The highest BCUT2D eigenvalue weighted by atomic mass is 79.9. The molecule has 6 nitrogen and oxygen atoms in total. The van der Waals surface area contributed by atoms with Crippen LogP contribution in [0.1, 0.15) is 12.8 Å². The van der Waals surface area contributed by atoms with Crippen LogP contribution in [0.15, 0.2) is 27.6 Å². The fraction of sp³-hybridized carbons (Fsp3) is 0.417. The number of carboxylic acid groups (broad SMARTS) is 1. The number of aliphatic carboxylic acids is 1. The topological polar surface area (TPSA) is 92.7 Å². The van der Waals surface area contributed by atoms with Crippen LogP contribution < -0.4 is 4.72 Å². The third-order valence-electron chi connectivity index (χ3n) is 3.09. The Labute approximate surface area is 129 Å². The lowest BCUT2D eigenvalue weighted by Crippen LogP contribution is -2.33. The molecule has 1 aromatic rings. The molecule has 116 valence electrons. The van der Waals surface area contributed by atoms with Gasteiger partial charge in [0, 0.05) is 6.54 Å². The first-order valence-corrected chi connectivity index (χ1v) is 8.40. The van der Waals surface area contributed by atoms with Crippen molar-refractivity contribution < 1.29 is 27.4 Å². The molecule has 1 heterocycles. The van der Waals surface area contributed by atoms with E-state index in [9.17, 15) is 17.6 Å². The Balaban J connectivity index is 1.99. The Kier molecular flexibility index (Phi) is 4.97. The maximum atomic E-state index is 13.4. The van der Waals surface area contributed by atoms with Gasteiger partial charge >= 0.3 is 5.97 Å². The number of carbonyl (C=O) groups is 1. The maximum absolute atomic E-state index is 13.4. The highest BCUT2D eigenvalue weighted by Crippen LogP contribution is 2.21. The zero-order valence-electron chi connectivity index (χ0n) is 10.8. The molecule has 1 aliphatic rings. The number of benzene rings is 1. The Morgan fingerprint density at radius 1 is 1.48 bits per heavy atom. The van der Waals surface area contributed by atoms with Gasteiger partial charge in [-0.1, -0.05) is 0 Å². The maximum Gasteiger partial charge on any atom is 0.332 e. The molecule has 1 aliphatic heterocycles. The van der Waals surface area contributed by atoms with E-state index in [1.165, 1.54) is 12.1 Å². The summed E-state index contributed by atoms with van der Waals surface area (Å²) in [5.74, 6) is -1.74. The van der Waals surface area contributed by atoms with Crippen molar-refractivity contribution >= 4 is 31.9 Å². The molecule has 2 unspecified atom stereocenters. The van der Waals surface area contributed by atoms with Crippen LogP contribution in [0.2, 0.25) is 0 Å². The summed E-state index contributed by atoms with van der Waals surface area (Å²) in [6.45, 7) is -0.0518. The van der Waals surface area contributed by atoms with Crippen LogP contribution in [0.3, 0.4) is 0 Å². The second kappa shape index (κ2) is 6.39. The Bertz CT molecular complexity index is 651. The molecule has 0 saturated carbocycles. The van der Waals surface area contributed by atoms with Crippen molar-refractivity contribution in [1.29, 1.82) is 0 Å². The van der Waals surface area contributed by atoms with E-state index < -0.39 is 34.0 Å². The third-order valence-corrected chi connectivity index (χ3v) is 5.15. The summed E-state index contributed by atoms with van der Waals surface area (Å²) in [6.07, 6.45) is -0.603. The predicted molar refractivity (Wildman–Crippen MR) is 74.8 cm³/mol. The highest BCUT2D eigenvalue weighted by Gasteiger charge is 2.31. The van der Waals surface area contributed by atoms with Crippen LogP contribution in [-0.2, 0) is 19.6 Å². The molecule has 0 aliphatic carbocycles. The van der Waals surface area contributed by atoms with Gasteiger partial charge in [0.15, 0.2) is 6.10 Å². The van der Waals surface area contributed by atoms with Gasteiger partial charge in [-0.05, 0) is 47.0 Å². The Hall–Kier alpha value is -1.03. The van der Waals surface area contributed by atoms with Crippen LogP contribution in [0.4, 0.5) is 4.39 Å². The molecule has 0 amide bonds. The second-order valence-corrected chi connectivity index (χ2v) is 7.21. The highest BCUT2D eigenvalue weighted by molar-refractivity contribution is 9.10. The van der Waals surface area contributed by atoms with Crippen LogP contribution in [0.25, 0.3) is 0 Å². The van der Waals surface area contributed by atoms with E-state index in [4.69, 9.17) is 9.84 Å². The third kappa shape index (κ3) is 4.00. The number of hydrogen-bond acceptors (Lipinski definition) is 4. The van der Waals surface area contributed by atoms with Crippen LogP contribution in [-0.4, -0.2) is 38.2 Å². The molecule has 2 N–H and O–H groups in total. The predicted octanol–water partition coefficient (Wildman–Crippen LogP) is 1.50. The molecule has 0 bridgehead atoms. The zero-order valence-corrected chi connectivity index (χ0v) is 13.2. The smallest absolute Gasteiger partial charge is 0.332 e. The summed E-state index contributed by atoms with van der Waals surface area (Å²) in [5.41, 5.74) is 0. The van der Waals surface area contributed by atoms with Crippen LogP contribution in [0.5, 0.6) is 0 Å². The largest absolute Gasteiger partial charge is 0.479 e. The molecule has 1 fully saturated rings. The zero-order chi connectivity index (χ0) is 15.6. The van der Waals surface area contributed by atoms with E-state index in [0.717, 1.165) is 6.07 Å². The van der Waals surface area contributed by atoms with E-state index in [1.54, 1.807) is 0 Å². The van der Waals surface area contributed by atoms with Gasteiger partial charge in [-0.2, -0.15) is 0 Å². The lowest BCUT2D eigenvalue weighted by atomic mass is 10.2. The molecule has 2 atom stereocenters. The van der Waals surface area contributed by atoms with Crippen LogP contribution >= 0.6 is 15.9 Å². The average molecular weight is 382 g/mol. The number of rotatable bonds is 5. The average Bonchev–Trinajstić information content (AvgIpc) is 2.89. The first-order valence-electron chi connectivity index (χ1n) is 6.12. The van der Waals surface area contributed by atoms with Crippen molar-refractivity contribution in [3.63, 3.8) is 0 Å². The first-order chi connectivity index (χ1) is 9.79. The summed E-state index contributed by atoms with van der Waals surface area (Å²) in [7, 11) is -3.86. The van der Waals surface area contributed by atoms with Crippen molar-refractivity contribution in [2.45, 2.75) is 29.9 Å². The van der Waals surface area contributed by atoms with Gasteiger partial charge < -0.3 is 9.84 Å². The normalized spacial score (nSPS) is 22.4. The van der Waals surface area contributed by atoms with Crippen molar-refractivity contribution in [2.24, 2.45) is 0 Å². The number of sulfonamides is 1. The van der Waals surface area contributed by atoms with Crippen molar-refractivity contribution in [2.75, 3.05) is 6.54 Å². The summed E-state index contributed by atoms with van der Waals surface area (Å²) < 4.78 is 45.0. The lowest BCUT2D eigenvalue weighted by Gasteiger charge is -2.13. The fourth-order valence-corrected chi connectivity index (χ4v) is 3.29. The molecule has 1 saturated heterocycles. The number of ether oxygens (including phenoxy) is 1. The second-order valence-electron chi connectivity index (χ2n) is 4.59. The molecule has 9 heteroatoms. The van der Waals surface area contributed by atoms with Gasteiger partial charge in [0.25, 0.3) is 0 Å². The SMILES string of the molecule is O=C(O)C1CCC(CNS(=O)(=O)c2ccc(Br)c(F)c2)O1. The van der Waals surface area contributed by atoms with Gasteiger partial charge in [0.2, 0.25) is 10.0 Å². The molecular weight excluding hydrogens is 369 g/mol. The van der Waals surface area contributed by atoms with Crippen molar-refractivity contribution in [3.05, 3.63) is 28.5 Å². The minimum atomic E-state index is -3.86. The van der Waals surface area contributed by atoms with Gasteiger partial charge in [-0.15, -0.1) is 0 Å². The quantitative estimate of drug-likeness (QED) is 0.805. The van der Waals surface area contributed by atoms with E-state index in [1.807, 2.05) is 0 Å². The fourth-order valence-electron chi connectivity index (χ4n) is 1.97. The van der Waals surface area contributed by atoms with Gasteiger partial charge in [-0.25, -0.2) is 22.3 Å². The standard InChI is InChI=1S/C12H13BrFNO5S/c13-9-3-2-8(5-10(9)14)21(18,19)15-6-7-1-4-11(20-7)12(16)17/h2-3,5,7,11,15H,1,4,6H2,(H,16,17). The van der Waals surface area contributed by atoms with E-state index in [0.29, 0.717) is 12.8 Å². The molecule has 1 aromatic carbocycles. The number of nitrogens with one attached hydrogen (secondary N) is 1. The van der Waals surface area contributed by atoms with Crippen molar-refractivity contribution in [1.82, 2.24) is 4.72 Å². The molecular formula is C12H13BrFNO5S. The summed E-state index contributed by atoms with van der Waals surface area (Å²) in [6, 6.07) is 3.48. The summed E-state index contributed by atoms with van der Waals surface area (Å²) >= 11 is 2.94. The van der Waals surface area contributed by atoms with Crippen molar-refractivity contribution in [3.8, 4) is 0 Å². The molecule has 0 aromatic heterocycles. The summed E-state index contributed by atoms with van der Waals surface area (Å²) in [5, 5.41) is 8.78. The molecule has 0 radical (unpaired) electrons. The van der Waals surface area contributed by atoms with Gasteiger partial charge in [0.1, 0.15) is 5.82 Å². The summed E-state index contributed by atoms with van der Waals surface area (Å²) in [4.78, 5) is 10.5. The number of halogens is 2. The molecule has 2 rings (SSSR count).